The van der Waals surface area contributed by atoms with E-state index in [4.69, 9.17) is 4.74 Å². The van der Waals surface area contributed by atoms with Crippen LogP contribution in [0.3, 0.4) is 0 Å². The lowest BCUT2D eigenvalue weighted by molar-refractivity contribution is 0.113. The Morgan fingerprint density at radius 2 is 2.33 bits per heavy atom. The predicted octanol–water partition coefficient (Wildman–Crippen LogP) is 2.61. The van der Waals surface area contributed by atoms with Crippen LogP contribution < -0.4 is 5.32 Å². The summed E-state index contributed by atoms with van der Waals surface area (Å²) in [5.41, 5.74) is 1.87. The first-order valence-corrected chi connectivity index (χ1v) is 6.46. The molecule has 0 aromatic carbocycles. The van der Waals surface area contributed by atoms with E-state index >= 15 is 0 Å². The first-order valence-electron chi connectivity index (χ1n) is 5.58. The highest BCUT2D eigenvalue weighted by Crippen LogP contribution is 2.17. The second-order valence-electron chi connectivity index (χ2n) is 3.49. The molecule has 3 nitrogen and oxygen atoms in total. The molecule has 0 spiro atoms. The number of rotatable bonds is 8. The quantitative estimate of drug-likeness (QED) is 0.694. The summed E-state index contributed by atoms with van der Waals surface area (Å²) >= 11 is 1.69. The van der Waals surface area contributed by atoms with Crippen LogP contribution in [-0.4, -0.2) is 24.7 Å². The van der Waals surface area contributed by atoms with Gasteiger partial charge in [0.25, 0.3) is 0 Å². The summed E-state index contributed by atoms with van der Waals surface area (Å²) in [4.78, 5) is 5.37. The number of ether oxygens (including phenoxy) is 1. The maximum Gasteiger partial charge on any atom is 0.0794 e. The van der Waals surface area contributed by atoms with Crippen LogP contribution in [0.5, 0.6) is 0 Å². The van der Waals surface area contributed by atoms with Crippen molar-refractivity contribution < 1.29 is 4.74 Å². The minimum Gasteiger partial charge on any atom is -0.379 e. The van der Waals surface area contributed by atoms with Crippen molar-refractivity contribution in [2.75, 3.05) is 19.8 Å². The summed E-state index contributed by atoms with van der Waals surface area (Å²) < 4.78 is 5.58. The monoisotopic (exact) mass is 228 g/mol. The summed E-state index contributed by atoms with van der Waals surface area (Å²) in [5, 5.41) is 3.48. The summed E-state index contributed by atoms with van der Waals surface area (Å²) in [7, 11) is 0. The molecule has 0 saturated heterocycles. The van der Waals surface area contributed by atoms with Gasteiger partial charge in [0.05, 0.1) is 18.2 Å². The number of thiazole rings is 1. The molecule has 0 aliphatic rings. The molecule has 1 unspecified atom stereocenters. The van der Waals surface area contributed by atoms with Gasteiger partial charge in [-0.05, 0) is 19.4 Å². The van der Waals surface area contributed by atoms with E-state index in [9.17, 15) is 0 Å². The zero-order valence-electron chi connectivity index (χ0n) is 9.53. The summed E-state index contributed by atoms with van der Waals surface area (Å²) in [5.74, 6) is 0. The van der Waals surface area contributed by atoms with Crippen LogP contribution in [0.2, 0.25) is 0 Å². The molecule has 86 valence electrons. The van der Waals surface area contributed by atoms with Gasteiger partial charge in [0.1, 0.15) is 0 Å². The Balaban J connectivity index is 2.39. The van der Waals surface area contributed by atoms with Crippen LogP contribution in [-0.2, 0) is 4.74 Å². The lowest BCUT2D eigenvalue weighted by Gasteiger charge is -2.16. The maximum atomic E-state index is 5.58. The summed E-state index contributed by atoms with van der Waals surface area (Å²) in [6.07, 6.45) is 4.14. The van der Waals surface area contributed by atoms with E-state index in [1.54, 1.807) is 11.3 Å². The van der Waals surface area contributed by atoms with E-state index in [1.165, 1.54) is 4.88 Å². The highest BCUT2D eigenvalue weighted by molar-refractivity contribution is 7.09. The van der Waals surface area contributed by atoms with E-state index in [0.29, 0.717) is 6.04 Å². The van der Waals surface area contributed by atoms with Crippen molar-refractivity contribution in [2.24, 2.45) is 0 Å². The molecule has 1 aromatic rings. The average molecular weight is 228 g/mol. The molecule has 1 atom stereocenters. The Morgan fingerprint density at radius 3 is 2.93 bits per heavy atom. The van der Waals surface area contributed by atoms with Gasteiger partial charge in [-0.2, -0.15) is 0 Å². The van der Waals surface area contributed by atoms with Gasteiger partial charge in [0, 0.05) is 17.7 Å². The zero-order valence-corrected chi connectivity index (χ0v) is 10.3. The van der Waals surface area contributed by atoms with Crippen molar-refractivity contribution in [2.45, 2.75) is 32.7 Å². The van der Waals surface area contributed by atoms with Crippen LogP contribution in [0.1, 0.15) is 37.6 Å². The average Bonchev–Trinajstić information content (AvgIpc) is 2.76. The molecular formula is C11H20N2OS. The van der Waals surface area contributed by atoms with Crippen LogP contribution in [0.15, 0.2) is 11.7 Å². The first kappa shape index (κ1) is 12.6. The maximum absolute atomic E-state index is 5.58. The third kappa shape index (κ3) is 4.73. The third-order valence-electron chi connectivity index (χ3n) is 2.07. The number of hydrogen-bond acceptors (Lipinski definition) is 4. The summed E-state index contributed by atoms with van der Waals surface area (Å²) in [6.45, 7) is 6.90. The Bertz CT molecular complexity index is 239. The normalized spacial score (nSPS) is 12.9. The molecule has 0 amide bonds. The van der Waals surface area contributed by atoms with Gasteiger partial charge in [-0.15, -0.1) is 11.3 Å². The van der Waals surface area contributed by atoms with Gasteiger partial charge >= 0.3 is 0 Å². The van der Waals surface area contributed by atoms with E-state index < -0.39 is 0 Å². The van der Waals surface area contributed by atoms with Gasteiger partial charge < -0.3 is 10.1 Å². The van der Waals surface area contributed by atoms with Crippen LogP contribution in [0.25, 0.3) is 0 Å². The largest absolute Gasteiger partial charge is 0.379 e. The second-order valence-corrected chi connectivity index (χ2v) is 4.40. The van der Waals surface area contributed by atoms with Crippen LogP contribution >= 0.6 is 11.3 Å². The number of nitrogens with zero attached hydrogens (tertiary/aromatic N) is 1. The van der Waals surface area contributed by atoms with Gasteiger partial charge in [0.15, 0.2) is 0 Å². The zero-order chi connectivity index (χ0) is 10.9. The summed E-state index contributed by atoms with van der Waals surface area (Å²) in [6, 6.07) is 0.309. The highest BCUT2D eigenvalue weighted by Gasteiger charge is 2.11. The fourth-order valence-corrected chi connectivity index (χ4v) is 1.98. The molecule has 0 radical (unpaired) electrons. The van der Waals surface area contributed by atoms with E-state index in [-0.39, 0.29) is 0 Å². The molecule has 0 bridgehead atoms. The van der Waals surface area contributed by atoms with Crippen molar-refractivity contribution in [3.8, 4) is 0 Å². The number of aromatic nitrogens is 1. The predicted molar refractivity (Wildman–Crippen MR) is 64.3 cm³/mol. The Morgan fingerprint density at radius 1 is 1.47 bits per heavy atom. The lowest BCUT2D eigenvalue weighted by Crippen LogP contribution is -2.25. The second kappa shape index (κ2) is 7.79. The standard InChI is InChI=1S/C11H20N2OS/c1-3-5-13-10(8-14-6-4-2)11-7-12-9-15-11/h7,9-10,13H,3-6,8H2,1-2H3. The topological polar surface area (TPSA) is 34.1 Å². The van der Waals surface area contributed by atoms with E-state index in [2.05, 4.69) is 24.1 Å². The Hall–Kier alpha value is -0.450. The number of hydrogen-bond donors (Lipinski definition) is 1. The molecule has 1 rings (SSSR count). The van der Waals surface area contributed by atoms with Gasteiger partial charge in [-0.25, -0.2) is 0 Å². The molecule has 0 aliphatic carbocycles. The molecule has 0 fully saturated rings. The van der Waals surface area contributed by atoms with Crippen molar-refractivity contribution >= 4 is 11.3 Å². The molecule has 4 heteroatoms. The molecule has 0 saturated carbocycles. The van der Waals surface area contributed by atoms with Crippen molar-refractivity contribution in [3.63, 3.8) is 0 Å². The fourth-order valence-electron chi connectivity index (χ4n) is 1.30. The van der Waals surface area contributed by atoms with Crippen LogP contribution in [0, 0.1) is 0 Å². The molecule has 15 heavy (non-hydrogen) atoms. The van der Waals surface area contributed by atoms with Crippen molar-refractivity contribution in [1.82, 2.24) is 10.3 Å². The van der Waals surface area contributed by atoms with Gasteiger partial charge in [-0.3, -0.25) is 4.98 Å². The Kier molecular flexibility index (Phi) is 6.55. The molecule has 1 N–H and O–H groups in total. The third-order valence-corrected chi connectivity index (χ3v) is 2.96. The van der Waals surface area contributed by atoms with Crippen molar-refractivity contribution in [3.05, 3.63) is 16.6 Å². The Labute approximate surface area is 95.9 Å². The number of nitrogens with one attached hydrogen (secondary N) is 1. The fraction of sp³-hybridized carbons (Fsp3) is 0.727. The molecule has 1 aromatic heterocycles. The highest BCUT2D eigenvalue weighted by atomic mass is 32.1. The van der Waals surface area contributed by atoms with Crippen LogP contribution in [0.4, 0.5) is 0 Å². The van der Waals surface area contributed by atoms with Crippen molar-refractivity contribution in [1.29, 1.82) is 0 Å². The SMILES string of the molecule is CCCNC(COCCC)c1cncs1. The van der Waals surface area contributed by atoms with Gasteiger partial charge in [-0.1, -0.05) is 13.8 Å². The first-order chi connectivity index (χ1) is 7.38. The van der Waals surface area contributed by atoms with Gasteiger partial charge in [0.2, 0.25) is 0 Å². The minimum atomic E-state index is 0.309. The van der Waals surface area contributed by atoms with E-state index in [1.807, 2.05) is 11.7 Å². The molecule has 0 aliphatic heterocycles. The smallest absolute Gasteiger partial charge is 0.0794 e. The molecular weight excluding hydrogens is 208 g/mol. The minimum absolute atomic E-state index is 0.309. The molecule has 1 heterocycles. The lowest BCUT2D eigenvalue weighted by atomic mass is 10.2. The van der Waals surface area contributed by atoms with E-state index in [0.717, 1.165) is 32.6 Å².